The molecule has 0 atom stereocenters. The van der Waals surface area contributed by atoms with Crippen LogP contribution < -0.4 is 19.7 Å². The van der Waals surface area contributed by atoms with Crippen molar-refractivity contribution in [1.82, 2.24) is 5.32 Å². The van der Waals surface area contributed by atoms with Crippen LogP contribution in [0.1, 0.15) is 22.3 Å². The van der Waals surface area contributed by atoms with Gasteiger partial charge in [-0.3, -0.25) is 14.9 Å². The third-order valence-electron chi connectivity index (χ3n) is 5.56. The predicted molar refractivity (Wildman–Crippen MR) is 134 cm³/mol. The second-order valence-corrected chi connectivity index (χ2v) is 8.44. The van der Waals surface area contributed by atoms with Crippen molar-refractivity contribution in [1.29, 1.82) is 0 Å². The maximum atomic E-state index is 13.2. The lowest BCUT2D eigenvalue weighted by atomic mass is 10.1. The zero-order chi connectivity index (χ0) is 25.1. The van der Waals surface area contributed by atoms with E-state index in [9.17, 15) is 14.4 Å². The molecule has 178 valence electrons. The average molecular weight is 491 g/mol. The Kier molecular flexibility index (Phi) is 6.89. The predicted octanol–water partition coefficient (Wildman–Crippen LogP) is 5.21. The van der Waals surface area contributed by atoms with Crippen molar-refractivity contribution >= 4 is 41.2 Å². The molecule has 4 rings (SSSR count). The molecule has 1 aliphatic heterocycles. The summed E-state index contributed by atoms with van der Waals surface area (Å²) in [6, 6.07) is 17.1. The Labute approximate surface area is 207 Å². The van der Waals surface area contributed by atoms with Crippen molar-refractivity contribution in [3.8, 4) is 11.5 Å². The molecule has 3 aromatic carbocycles. The minimum atomic E-state index is -0.833. The van der Waals surface area contributed by atoms with Gasteiger partial charge in [0.15, 0.2) is 11.5 Å². The molecule has 0 spiro atoms. The monoisotopic (exact) mass is 490 g/mol. The number of benzene rings is 3. The number of barbiturate groups is 1. The molecule has 0 aromatic heterocycles. The normalized spacial score (nSPS) is 14.8. The van der Waals surface area contributed by atoms with Crippen LogP contribution >= 0.6 is 11.6 Å². The number of halogens is 1. The molecule has 7 nitrogen and oxygen atoms in total. The Morgan fingerprint density at radius 2 is 1.74 bits per heavy atom. The van der Waals surface area contributed by atoms with E-state index in [-0.39, 0.29) is 5.57 Å². The topological polar surface area (TPSA) is 84.9 Å². The number of hydrogen-bond donors (Lipinski definition) is 1. The molecule has 1 heterocycles. The van der Waals surface area contributed by atoms with Gasteiger partial charge in [0, 0.05) is 5.02 Å². The zero-order valence-corrected chi connectivity index (χ0v) is 20.2. The molecule has 0 radical (unpaired) electrons. The van der Waals surface area contributed by atoms with E-state index in [0.717, 1.165) is 16.0 Å². The smallest absolute Gasteiger partial charge is 0.335 e. The first-order valence-corrected chi connectivity index (χ1v) is 11.2. The number of rotatable bonds is 6. The molecule has 1 saturated heterocycles. The Morgan fingerprint density at radius 3 is 2.49 bits per heavy atom. The average Bonchev–Trinajstić information content (AvgIpc) is 2.83. The highest BCUT2D eigenvalue weighted by Crippen LogP contribution is 2.32. The van der Waals surface area contributed by atoms with Crippen molar-refractivity contribution < 1.29 is 23.9 Å². The number of amides is 4. The molecule has 0 aliphatic carbocycles. The maximum Gasteiger partial charge on any atom is 0.335 e. The van der Waals surface area contributed by atoms with E-state index in [1.165, 1.54) is 13.2 Å². The number of imide groups is 2. The molecule has 0 unspecified atom stereocenters. The van der Waals surface area contributed by atoms with Gasteiger partial charge in [0.05, 0.1) is 12.8 Å². The van der Waals surface area contributed by atoms with E-state index in [1.54, 1.807) is 43.3 Å². The molecule has 35 heavy (non-hydrogen) atoms. The molecule has 4 amide bonds. The van der Waals surface area contributed by atoms with Crippen LogP contribution in [-0.2, 0) is 16.2 Å². The highest BCUT2D eigenvalue weighted by Gasteiger charge is 2.37. The Hall–Kier alpha value is -4.10. The maximum absolute atomic E-state index is 13.2. The highest BCUT2D eigenvalue weighted by atomic mass is 35.5. The Bertz CT molecular complexity index is 1370. The zero-order valence-electron chi connectivity index (χ0n) is 19.4. The van der Waals surface area contributed by atoms with Crippen molar-refractivity contribution in [2.45, 2.75) is 20.5 Å². The van der Waals surface area contributed by atoms with E-state index < -0.39 is 17.8 Å². The minimum absolute atomic E-state index is 0.195. The van der Waals surface area contributed by atoms with E-state index in [2.05, 4.69) is 5.32 Å². The summed E-state index contributed by atoms with van der Waals surface area (Å²) in [6.45, 7) is 4.06. The summed E-state index contributed by atoms with van der Waals surface area (Å²) in [6.07, 6.45) is 1.41. The second-order valence-electron chi connectivity index (χ2n) is 8.03. The van der Waals surface area contributed by atoms with E-state index >= 15 is 0 Å². The van der Waals surface area contributed by atoms with Crippen LogP contribution in [0, 0.1) is 13.8 Å². The molecule has 1 N–H and O–H groups in total. The summed E-state index contributed by atoms with van der Waals surface area (Å²) < 4.78 is 11.4. The number of nitrogens with one attached hydrogen (secondary N) is 1. The van der Waals surface area contributed by atoms with Crippen molar-refractivity contribution in [2.24, 2.45) is 0 Å². The highest BCUT2D eigenvalue weighted by molar-refractivity contribution is 6.39. The lowest BCUT2D eigenvalue weighted by Crippen LogP contribution is -2.54. The lowest BCUT2D eigenvalue weighted by Gasteiger charge is -2.27. The van der Waals surface area contributed by atoms with Gasteiger partial charge in [0.25, 0.3) is 11.8 Å². The van der Waals surface area contributed by atoms with Gasteiger partial charge in [0.1, 0.15) is 12.2 Å². The number of ether oxygens (including phenoxy) is 2. The molecular formula is C27H23ClN2O5. The van der Waals surface area contributed by atoms with Gasteiger partial charge in [-0.1, -0.05) is 53.6 Å². The number of aryl methyl sites for hydroxylation is 1. The standard InChI is InChI=1S/C27H23ClN2O5/c1-16-6-4-7-19(12-16)15-35-23-11-10-18(14-24(23)34-3)13-20-25(31)29-27(33)30(26(20)32)22-9-5-8-21(28)17(22)2/h4-14H,15H2,1-3H3,(H,29,31,33)/b20-13+. The first kappa shape index (κ1) is 24.0. The van der Waals surface area contributed by atoms with Gasteiger partial charge in [-0.05, 0) is 60.9 Å². The number of anilines is 1. The second kappa shape index (κ2) is 10.0. The summed E-state index contributed by atoms with van der Waals surface area (Å²) >= 11 is 6.17. The summed E-state index contributed by atoms with van der Waals surface area (Å²) in [5.74, 6) is -0.575. The number of nitrogens with zero attached hydrogens (tertiary/aromatic N) is 1. The van der Waals surface area contributed by atoms with Crippen LogP contribution in [0.15, 0.2) is 66.2 Å². The Morgan fingerprint density at radius 1 is 0.971 bits per heavy atom. The van der Waals surface area contributed by atoms with E-state index in [1.807, 2.05) is 31.2 Å². The fourth-order valence-electron chi connectivity index (χ4n) is 3.74. The summed E-state index contributed by atoms with van der Waals surface area (Å²) in [5, 5.41) is 2.62. The summed E-state index contributed by atoms with van der Waals surface area (Å²) in [4.78, 5) is 39.1. The molecule has 3 aromatic rings. The van der Waals surface area contributed by atoms with Gasteiger partial charge in [-0.2, -0.15) is 0 Å². The van der Waals surface area contributed by atoms with Crippen molar-refractivity contribution in [3.05, 3.63) is 93.5 Å². The van der Waals surface area contributed by atoms with Gasteiger partial charge >= 0.3 is 6.03 Å². The largest absolute Gasteiger partial charge is 0.493 e. The first-order valence-electron chi connectivity index (χ1n) is 10.8. The van der Waals surface area contributed by atoms with Crippen LogP contribution in [0.2, 0.25) is 5.02 Å². The summed E-state index contributed by atoms with van der Waals surface area (Å²) in [7, 11) is 1.51. The molecule has 1 fully saturated rings. The Balaban J connectivity index is 1.62. The number of carbonyl (C=O) groups excluding carboxylic acids is 3. The van der Waals surface area contributed by atoms with E-state index in [0.29, 0.717) is 39.9 Å². The molecule has 8 heteroatoms. The van der Waals surface area contributed by atoms with Gasteiger partial charge in [-0.25, -0.2) is 9.69 Å². The third-order valence-corrected chi connectivity index (χ3v) is 5.97. The molecule has 0 saturated carbocycles. The molecular weight excluding hydrogens is 468 g/mol. The van der Waals surface area contributed by atoms with Gasteiger partial charge < -0.3 is 9.47 Å². The summed E-state index contributed by atoms with van der Waals surface area (Å²) in [5.41, 5.74) is 3.33. The first-order chi connectivity index (χ1) is 16.8. The fourth-order valence-corrected chi connectivity index (χ4v) is 3.91. The van der Waals surface area contributed by atoms with Crippen molar-refractivity contribution in [2.75, 3.05) is 12.0 Å². The minimum Gasteiger partial charge on any atom is -0.493 e. The SMILES string of the molecule is COc1cc(/C=C2\C(=O)NC(=O)N(c3cccc(Cl)c3C)C2=O)ccc1OCc1cccc(C)c1. The number of methoxy groups -OCH3 is 1. The lowest BCUT2D eigenvalue weighted by molar-refractivity contribution is -0.122. The number of hydrogen-bond acceptors (Lipinski definition) is 5. The van der Waals surface area contributed by atoms with Crippen LogP contribution in [0.3, 0.4) is 0 Å². The van der Waals surface area contributed by atoms with Gasteiger partial charge in [0.2, 0.25) is 0 Å². The molecule has 0 bridgehead atoms. The quantitative estimate of drug-likeness (QED) is 0.378. The number of urea groups is 1. The van der Waals surface area contributed by atoms with Gasteiger partial charge in [-0.15, -0.1) is 0 Å². The van der Waals surface area contributed by atoms with Crippen molar-refractivity contribution in [3.63, 3.8) is 0 Å². The fraction of sp³-hybridized carbons (Fsp3) is 0.148. The van der Waals surface area contributed by atoms with Crippen LogP contribution in [-0.4, -0.2) is 25.0 Å². The van der Waals surface area contributed by atoms with Crippen LogP contribution in [0.5, 0.6) is 11.5 Å². The number of carbonyl (C=O) groups is 3. The van der Waals surface area contributed by atoms with Crippen LogP contribution in [0.25, 0.3) is 6.08 Å². The van der Waals surface area contributed by atoms with E-state index in [4.69, 9.17) is 21.1 Å². The molecule has 1 aliphatic rings. The third kappa shape index (κ3) is 5.05. The van der Waals surface area contributed by atoms with Crippen LogP contribution in [0.4, 0.5) is 10.5 Å².